The first kappa shape index (κ1) is 11.1. The highest BCUT2D eigenvalue weighted by molar-refractivity contribution is 5.85. The number of fused-ring (bicyclic) bond motifs is 1. The zero-order chi connectivity index (χ0) is 9.26. The summed E-state index contributed by atoms with van der Waals surface area (Å²) < 4.78 is 10.5. The van der Waals surface area contributed by atoms with Gasteiger partial charge in [0.1, 0.15) is 0 Å². The molecule has 0 spiro atoms. The molecule has 3 nitrogen and oxygen atoms in total. The minimum Gasteiger partial charge on any atom is -0.454 e. The summed E-state index contributed by atoms with van der Waals surface area (Å²) in [7, 11) is 0. The lowest BCUT2D eigenvalue weighted by Crippen LogP contribution is -2.17. The van der Waals surface area contributed by atoms with Gasteiger partial charge in [0, 0.05) is 6.04 Å². The van der Waals surface area contributed by atoms with E-state index in [2.05, 4.69) is 0 Å². The first-order chi connectivity index (χ1) is 6.25. The molecule has 14 heavy (non-hydrogen) atoms. The highest BCUT2D eigenvalue weighted by Crippen LogP contribution is 2.32. The Hall–Kier alpha value is -0.930. The third-order valence-electron chi connectivity index (χ3n) is 1.99. The van der Waals surface area contributed by atoms with Gasteiger partial charge in [-0.25, -0.2) is 0 Å². The smallest absolute Gasteiger partial charge is 0.231 e. The van der Waals surface area contributed by atoms with Gasteiger partial charge in [-0.15, -0.1) is 12.4 Å². The highest BCUT2D eigenvalue weighted by Gasteiger charge is 2.13. The van der Waals surface area contributed by atoms with Crippen molar-refractivity contribution < 1.29 is 9.47 Å². The average Bonchev–Trinajstić information content (AvgIpc) is 2.49. The molecule has 0 saturated heterocycles. The monoisotopic (exact) mass is 215 g/mol. The number of hydrogen-bond donors (Lipinski definition) is 1. The number of ether oxygens (including phenoxy) is 2. The van der Waals surface area contributed by atoms with Gasteiger partial charge in [0.2, 0.25) is 6.79 Å². The number of nitrogens with two attached hydrogens (primary N) is 1. The number of benzene rings is 1. The van der Waals surface area contributed by atoms with Crippen molar-refractivity contribution in [3.05, 3.63) is 23.8 Å². The van der Waals surface area contributed by atoms with Crippen molar-refractivity contribution in [3.63, 3.8) is 0 Å². The van der Waals surface area contributed by atoms with Gasteiger partial charge in [-0.05, 0) is 31.0 Å². The molecule has 1 aromatic carbocycles. The van der Waals surface area contributed by atoms with Crippen LogP contribution in [-0.4, -0.2) is 12.8 Å². The van der Waals surface area contributed by atoms with Crippen LogP contribution < -0.4 is 15.2 Å². The van der Waals surface area contributed by atoms with Gasteiger partial charge in [0.05, 0.1) is 0 Å². The molecule has 0 aromatic heterocycles. The normalized spacial score (nSPS) is 14.7. The molecule has 1 aliphatic rings. The van der Waals surface area contributed by atoms with E-state index in [0.717, 1.165) is 17.9 Å². The number of rotatable bonds is 2. The van der Waals surface area contributed by atoms with Crippen molar-refractivity contribution >= 4 is 12.4 Å². The molecule has 2 rings (SSSR count). The Morgan fingerprint density at radius 2 is 2.07 bits per heavy atom. The van der Waals surface area contributed by atoms with Gasteiger partial charge >= 0.3 is 0 Å². The molecule has 2 N–H and O–H groups in total. The highest BCUT2D eigenvalue weighted by atomic mass is 35.5. The second-order valence-electron chi connectivity index (χ2n) is 3.37. The van der Waals surface area contributed by atoms with E-state index in [4.69, 9.17) is 15.2 Å². The van der Waals surface area contributed by atoms with Crippen LogP contribution in [0, 0.1) is 0 Å². The molecule has 1 atom stereocenters. The summed E-state index contributed by atoms with van der Waals surface area (Å²) in [5.74, 6) is 1.66. The maximum Gasteiger partial charge on any atom is 0.231 e. The number of halogens is 1. The van der Waals surface area contributed by atoms with E-state index in [9.17, 15) is 0 Å². The Bertz CT molecular complexity index is 315. The topological polar surface area (TPSA) is 44.5 Å². The third-order valence-corrected chi connectivity index (χ3v) is 1.99. The summed E-state index contributed by atoms with van der Waals surface area (Å²) in [6, 6.07) is 6.13. The molecule has 1 aromatic rings. The van der Waals surface area contributed by atoms with Crippen molar-refractivity contribution in [3.8, 4) is 11.5 Å². The Morgan fingerprint density at radius 1 is 1.36 bits per heavy atom. The molecule has 78 valence electrons. The van der Waals surface area contributed by atoms with Gasteiger partial charge in [-0.1, -0.05) is 6.07 Å². The van der Waals surface area contributed by atoms with Crippen LogP contribution in [0.5, 0.6) is 11.5 Å². The Labute approximate surface area is 89.6 Å². The Balaban J connectivity index is 0.000000980. The second-order valence-corrected chi connectivity index (χ2v) is 3.37. The second kappa shape index (κ2) is 4.53. The minimum atomic E-state index is 0. The SMILES string of the molecule is C[C@@H](N)Cc1ccc2c(c1)OCO2.Cl. The fourth-order valence-electron chi connectivity index (χ4n) is 1.44. The lowest BCUT2D eigenvalue weighted by Gasteiger charge is -2.05. The van der Waals surface area contributed by atoms with E-state index in [1.807, 2.05) is 25.1 Å². The van der Waals surface area contributed by atoms with E-state index in [1.54, 1.807) is 0 Å². The first-order valence-electron chi connectivity index (χ1n) is 4.40. The predicted octanol–water partition coefficient (Wildman–Crippen LogP) is 1.73. The molecule has 0 aliphatic carbocycles. The molecule has 0 bridgehead atoms. The van der Waals surface area contributed by atoms with Crippen LogP contribution in [0.4, 0.5) is 0 Å². The van der Waals surface area contributed by atoms with Crippen molar-refractivity contribution in [1.29, 1.82) is 0 Å². The van der Waals surface area contributed by atoms with Crippen LogP contribution in [0.25, 0.3) is 0 Å². The summed E-state index contributed by atoms with van der Waals surface area (Å²) >= 11 is 0. The van der Waals surface area contributed by atoms with E-state index >= 15 is 0 Å². The lowest BCUT2D eigenvalue weighted by molar-refractivity contribution is 0.174. The maximum absolute atomic E-state index is 5.70. The summed E-state index contributed by atoms with van der Waals surface area (Å²) in [5.41, 5.74) is 6.89. The van der Waals surface area contributed by atoms with Crippen molar-refractivity contribution in [2.75, 3.05) is 6.79 Å². The van der Waals surface area contributed by atoms with E-state index in [-0.39, 0.29) is 18.4 Å². The lowest BCUT2D eigenvalue weighted by atomic mass is 10.1. The van der Waals surface area contributed by atoms with Crippen molar-refractivity contribution in [2.24, 2.45) is 5.73 Å². The molecule has 1 aliphatic heterocycles. The Kier molecular flexibility index (Phi) is 3.61. The van der Waals surface area contributed by atoms with Crippen LogP contribution in [-0.2, 0) is 6.42 Å². The van der Waals surface area contributed by atoms with E-state index in [1.165, 1.54) is 5.56 Å². The van der Waals surface area contributed by atoms with E-state index in [0.29, 0.717) is 6.79 Å². The quantitative estimate of drug-likeness (QED) is 0.817. The van der Waals surface area contributed by atoms with Crippen LogP contribution >= 0.6 is 12.4 Å². The molecule has 4 heteroatoms. The van der Waals surface area contributed by atoms with Crippen LogP contribution in [0.3, 0.4) is 0 Å². The van der Waals surface area contributed by atoms with E-state index < -0.39 is 0 Å². The molecule has 0 fully saturated rings. The molecule has 1 heterocycles. The Morgan fingerprint density at radius 3 is 2.79 bits per heavy atom. The first-order valence-corrected chi connectivity index (χ1v) is 4.40. The summed E-state index contributed by atoms with van der Waals surface area (Å²) in [4.78, 5) is 0. The standard InChI is InChI=1S/C10H13NO2.ClH/c1-7(11)4-8-2-3-9-10(5-8)13-6-12-9;/h2-3,5,7H,4,6,11H2,1H3;1H/t7-;/m1./s1. The van der Waals surface area contributed by atoms with Gasteiger partial charge in [0.15, 0.2) is 11.5 Å². The van der Waals surface area contributed by atoms with Crippen molar-refractivity contribution in [1.82, 2.24) is 0 Å². The number of hydrogen-bond acceptors (Lipinski definition) is 3. The van der Waals surface area contributed by atoms with Crippen LogP contribution in [0.2, 0.25) is 0 Å². The van der Waals surface area contributed by atoms with Crippen LogP contribution in [0.15, 0.2) is 18.2 Å². The average molecular weight is 216 g/mol. The fourth-order valence-corrected chi connectivity index (χ4v) is 1.44. The van der Waals surface area contributed by atoms with Gasteiger partial charge in [0.25, 0.3) is 0 Å². The predicted molar refractivity (Wildman–Crippen MR) is 57.2 cm³/mol. The molecule has 0 saturated carbocycles. The fraction of sp³-hybridized carbons (Fsp3) is 0.400. The maximum atomic E-state index is 5.70. The molecule has 0 radical (unpaired) electrons. The third kappa shape index (κ3) is 2.30. The van der Waals surface area contributed by atoms with Gasteiger partial charge in [-0.2, -0.15) is 0 Å². The molecule has 0 unspecified atom stereocenters. The van der Waals surface area contributed by atoms with Gasteiger partial charge in [-0.3, -0.25) is 0 Å². The molecular formula is C10H14ClNO2. The molecule has 0 amide bonds. The summed E-state index contributed by atoms with van der Waals surface area (Å²) in [5, 5.41) is 0. The van der Waals surface area contributed by atoms with Gasteiger partial charge < -0.3 is 15.2 Å². The zero-order valence-electron chi connectivity index (χ0n) is 8.03. The zero-order valence-corrected chi connectivity index (χ0v) is 8.84. The van der Waals surface area contributed by atoms with Crippen molar-refractivity contribution in [2.45, 2.75) is 19.4 Å². The largest absolute Gasteiger partial charge is 0.454 e. The summed E-state index contributed by atoms with van der Waals surface area (Å²) in [6.07, 6.45) is 0.872. The van der Waals surface area contributed by atoms with Crippen LogP contribution in [0.1, 0.15) is 12.5 Å². The molecular weight excluding hydrogens is 202 g/mol. The minimum absolute atomic E-state index is 0. The summed E-state index contributed by atoms with van der Waals surface area (Å²) in [6.45, 7) is 2.32.